The molecular formula is C17H14F3NO4. The SMILES string of the molecule is O=C(NOCc1ccc(C(F)(F)F)cc1)[C@H]1COc2ccccc2O1. The zero-order chi connectivity index (χ0) is 17.9. The molecule has 2 aromatic rings. The number of fused-ring (bicyclic) bond motifs is 1. The number of rotatable bonds is 4. The van der Waals surface area contributed by atoms with Crippen LogP contribution in [0.1, 0.15) is 11.1 Å². The van der Waals surface area contributed by atoms with Gasteiger partial charge in [0.15, 0.2) is 11.5 Å². The van der Waals surface area contributed by atoms with Crippen molar-refractivity contribution in [3.8, 4) is 11.5 Å². The summed E-state index contributed by atoms with van der Waals surface area (Å²) in [4.78, 5) is 17.0. The van der Waals surface area contributed by atoms with Gasteiger partial charge in [0.1, 0.15) is 6.61 Å². The molecule has 25 heavy (non-hydrogen) atoms. The molecule has 1 aliphatic heterocycles. The van der Waals surface area contributed by atoms with E-state index in [0.717, 1.165) is 12.1 Å². The second-order valence-electron chi connectivity index (χ2n) is 5.31. The van der Waals surface area contributed by atoms with Crippen LogP contribution in [0.4, 0.5) is 13.2 Å². The number of alkyl halides is 3. The first kappa shape index (κ1) is 17.1. The lowest BCUT2D eigenvalue weighted by molar-refractivity contribution is -0.144. The van der Waals surface area contributed by atoms with Gasteiger partial charge in [-0.2, -0.15) is 13.2 Å². The Hall–Kier alpha value is -2.74. The third-order valence-corrected chi connectivity index (χ3v) is 3.49. The minimum absolute atomic E-state index is 0.0342. The number of para-hydroxylation sites is 2. The van der Waals surface area contributed by atoms with Gasteiger partial charge in [0, 0.05) is 0 Å². The van der Waals surface area contributed by atoms with Gasteiger partial charge in [-0.15, -0.1) is 0 Å². The Bertz CT molecular complexity index is 746. The molecule has 0 saturated carbocycles. The summed E-state index contributed by atoms with van der Waals surface area (Å²) < 4.78 is 48.4. The Balaban J connectivity index is 1.48. The lowest BCUT2D eigenvalue weighted by atomic mass is 10.1. The standard InChI is InChI=1S/C17H14F3NO4/c18-17(19,20)12-7-5-11(6-8-12)9-24-21-16(22)15-10-23-13-3-1-2-4-14(13)25-15/h1-8,15H,9-10H2,(H,21,22)/t15-/m1/s1. The van der Waals surface area contributed by atoms with Crippen LogP contribution in [0.25, 0.3) is 0 Å². The predicted octanol–water partition coefficient (Wildman–Crippen LogP) is 3.09. The molecule has 1 atom stereocenters. The molecule has 0 saturated heterocycles. The number of halogens is 3. The van der Waals surface area contributed by atoms with Gasteiger partial charge < -0.3 is 9.47 Å². The first-order chi connectivity index (χ1) is 11.9. The van der Waals surface area contributed by atoms with Crippen LogP contribution >= 0.6 is 0 Å². The van der Waals surface area contributed by atoms with Gasteiger partial charge in [-0.25, -0.2) is 5.48 Å². The number of hydroxylamine groups is 1. The second-order valence-corrected chi connectivity index (χ2v) is 5.31. The molecule has 1 aliphatic rings. The fourth-order valence-corrected chi connectivity index (χ4v) is 2.19. The van der Waals surface area contributed by atoms with Crippen LogP contribution in [0, 0.1) is 0 Å². The van der Waals surface area contributed by atoms with E-state index in [2.05, 4.69) is 5.48 Å². The Morgan fingerprint density at radius 3 is 2.48 bits per heavy atom. The minimum atomic E-state index is -4.39. The maximum absolute atomic E-state index is 12.5. The molecule has 0 aromatic heterocycles. The minimum Gasteiger partial charge on any atom is -0.485 e. The highest BCUT2D eigenvalue weighted by molar-refractivity contribution is 5.80. The van der Waals surface area contributed by atoms with E-state index in [1.54, 1.807) is 24.3 Å². The maximum atomic E-state index is 12.5. The van der Waals surface area contributed by atoms with Crippen LogP contribution in [0.2, 0.25) is 0 Å². The molecule has 2 aromatic carbocycles. The second kappa shape index (κ2) is 7.02. The van der Waals surface area contributed by atoms with Gasteiger partial charge >= 0.3 is 6.18 Å². The number of carbonyl (C=O) groups is 1. The quantitative estimate of drug-likeness (QED) is 0.859. The highest BCUT2D eigenvalue weighted by Crippen LogP contribution is 2.31. The molecule has 8 heteroatoms. The number of benzene rings is 2. The Morgan fingerprint density at radius 1 is 1.12 bits per heavy atom. The van der Waals surface area contributed by atoms with E-state index in [1.807, 2.05) is 0 Å². The average Bonchev–Trinajstić information content (AvgIpc) is 2.61. The van der Waals surface area contributed by atoms with Crippen LogP contribution in [-0.4, -0.2) is 18.6 Å². The van der Waals surface area contributed by atoms with Crippen LogP contribution < -0.4 is 15.0 Å². The van der Waals surface area contributed by atoms with E-state index in [-0.39, 0.29) is 13.2 Å². The highest BCUT2D eigenvalue weighted by atomic mass is 19.4. The zero-order valence-corrected chi connectivity index (χ0v) is 12.9. The van der Waals surface area contributed by atoms with Crippen molar-refractivity contribution in [2.45, 2.75) is 18.9 Å². The van der Waals surface area contributed by atoms with Crippen molar-refractivity contribution in [2.24, 2.45) is 0 Å². The summed E-state index contributed by atoms with van der Waals surface area (Å²) in [5.41, 5.74) is 1.95. The summed E-state index contributed by atoms with van der Waals surface area (Å²) in [6, 6.07) is 11.4. The average molecular weight is 353 g/mol. The topological polar surface area (TPSA) is 56.8 Å². The molecule has 1 N–H and O–H groups in total. The Kier molecular flexibility index (Phi) is 4.80. The number of hydrogen-bond acceptors (Lipinski definition) is 4. The molecule has 0 radical (unpaired) electrons. The molecule has 0 unspecified atom stereocenters. The molecule has 132 valence electrons. The van der Waals surface area contributed by atoms with Gasteiger partial charge in [0.2, 0.25) is 6.10 Å². The van der Waals surface area contributed by atoms with Crippen molar-refractivity contribution >= 4 is 5.91 Å². The third kappa shape index (κ3) is 4.21. The van der Waals surface area contributed by atoms with Crippen molar-refractivity contribution in [1.29, 1.82) is 0 Å². The number of carbonyl (C=O) groups excluding carboxylic acids is 1. The van der Waals surface area contributed by atoms with Crippen molar-refractivity contribution in [3.05, 3.63) is 59.7 Å². The first-order valence-electron chi connectivity index (χ1n) is 7.40. The molecule has 3 rings (SSSR count). The third-order valence-electron chi connectivity index (χ3n) is 3.49. The molecule has 0 bridgehead atoms. The van der Waals surface area contributed by atoms with Crippen LogP contribution in [0.15, 0.2) is 48.5 Å². The van der Waals surface area contributed by atoms with Crippen molar-refractivity contribution < 1.29 is 32.3 Å². The van der Waals surface area contributed by atoms with Gasteiger partial charge in [-0.05, 0) is 29.8 Å². The van der Waals surface area contributed by atoms with E-state index in [4.69, 9.17) is 14.3 Å². The van der Waals surface area contributed by atoms with Crippen molar-refractivity contribution in [3.63, 3.8) is 0 Å². The summed E-state index contributed by atoms with van der Waals surface area (Å²) in [6.07, 6.45) is -5.26. The summed E-state index contributed by atoms with van der Waals surface area (Å²) in [5.74, 6) is 0.468. The van der Waals surface area contributed by atoms with Crippen LogP contribution in [0.5, 0.6) is 11.5 Å². The van der Waals surface area contributed by atoms with E-state index < -0.39 is 23.8 Å². The number of hydrogen-bond donors (Lipinski definition) is 1. The highest BCUT2D eigenvalue weighted by Gasteiger charge is 2.30. The smallest absolute Gasteiger partial charge is 0.416 e. The predicted molar refractivity (Wildman–Crippen MR) is 80.7 cm³/mol. The van der Waals surface area contributed by atoms with Gasteiger partial charge in [-0.3, -0.25) is 9.63 Å². The number of nitrogens with one attached hydrogen (secondary N) is 1. The number of amides is 1. The monoisotopic (exact) mass is 353 g/mol. The molecular weight excluding hydrogens is 339 g/mol. The normalized spacial score (nSPS) is 16.4. The number of ether oxygens (including phenoxy) is 2. The molecule has 0 spiro atoms. The van der Waals surface area contributed by atoms with E-state index in [9.17, 15) is 18.0 Å². The fraction of sp³-hybridized carbons (Fsp3) is 0.235. The van der Waals surface area contributed by atoms with Crippen LogP contribution in [-0.2, 0) is 22.4 Å². The van der Waals surface area contributed by atoms with Crippen molar-refractivity contribution in [1.82, 2.24) is 5.48 Å². The summed E-state index contributed by atoms with van der Waals surface area (Å²) in [6.45, 7) is -0.0411. The summed E-state index contributed by atoms with van der Waals surface area (Å²) in [5, 5.41) is 0. The lowest BCUT2D eigenvalue weighted by Gasteiger charge is -2.25. The van der Waals surface area contributed by atoms with E-state index >= 15 is 0 Å². The molecule has 0 fully saturated rings. The molecule has 5 nitrogen and oxygen atoms in total. The molecule has 1 amide bonds. The Morgan fingerprint density at radius 2 is 1.80 bits per heavy atom. The Labute approximate surface area is 141 Å². The molecule has 0 aliphatic carbocycles. The van der Waals surface area contributed by atoms with Gasteiger partial charge in [0.25, 0.3) is 5.91 Å². The maximum Gasteiger partial charge on any atom is 0.416 e. The van der Waals surface area contributed by atoms with Gasteiger partial charge in [-0.1, -0.05) is 24.3 Å². The fourth-order valence-electron chi connectivity index (χ4n) is 2.19. The first-order valence-corrected chi connectivity index (χ1v) is 7.40. The zero-order valence-electron chi connectivity index (χ0n) is 12.9. The largest absolute Gasteiger partial charge is 0.485 e. The summed E-state index contributed by atoms with van der Waals surface area (Å²) >= 11 is 0. The van der Waals surface area contributed by atoms with E-state index in [1.165, 1.54) is 12.1 Å². The van der Waals surface area contributed by atoms with Crippen LogP contribution in [0.3, 0.4) is 0 Å². The van der Waals surface area contributed by atoms with Crippen molar-refractivity contribution in [2.75, 3.05) is 6.61 Å². The van der Waals surface area contributed by atoms with Gasteiger partial charge in [0.05, 0.1) is 12.2 Å². The summed E-state index contributed by atoms with van der Waals surface area (Å²) in [7, 11) is 0. The molecule has 1 heterocycles. The lowest BCUT2D eigenvalue weighted by Crippen LogP contribution is -2.43. The van der Waals surface area contributed by atoms with E-state index in [0.29, 0.717) is 17.1 Å².